The Balaban J connectivity index is 1.80. The first kappa shape index (κ1) is 26.3. The van der Waals surface area contributed by atoms with E-state index in [1.54, 1.807) is 17.9 Å². The molecule has 0 aliphatic rings. The molecule has 0 bridgehead atoms. The number of ether oxygens (including phenoxy) is 1. The van der Waals surface area contributed by atoms with Crippen molar-refractivity contribution in [2.24, 2.45) is 0 Å². The molecule has 0 fully saturated rings. The van der Waals surface area contributed by atoms with Crippen molar-refractivity contribution in [3.8, 4) is 11.4 Å². The van der Waals surface area contributed by atoms with Crippen molar-refractivity contribution in [1.29, 1.82) is 0 Å². The Kier molecular flexibility index (Phi) is 8.56. The maximum Gasteiger partial charge on any atom is 0.322 e. The van der Waals surface area contributed by atoms with Crippen LogP contribution in [0.4, 0.5) is 16.3 Å². The smallest absolute Gasteiger partial charge is 0.322 e. The Morgan fingerprint density at radius 2 is 1.80 bits per heavy atom. The van der Waals surface area contributed by atoms with Crippen LogP contribution in [0.1, 0.15) is 39.8 Å². The number of rotatable bonds is 8. The van der Waals surface area contributed by atoms with Gasteiger partial charge in [-0.3, -0.25) is 4.79 Å². The molecule has 2 N–H and O–H groups in total. The fraction of sp³-hybridized carbons (Fsp3) is 0.346. The van der Waals surface area contributed by atoms with Gasteiger partial charge in [0.25, 0.3) is 0 Å². The minimum absolute atomic E-state index is 0.0910. The summed E-state index contributed by atoms with van der Waals surface area (Å²) in [5, 5.41) is 10.5. The normalized spacial score (nSPS) is 11.1. The molecule has 1 heterocycles. The Morgan fingerprint density at radius 3 is 2.40 bits per heavy atom. The van der Waals surface area contributed by atoms with Crippen molar-refractivity contribution in [2.75, 3.05) is 30.8 Å². The number of hydrogen-bond donors (Lipinski definition) is 2. The molecule has 0 saturated heterocycles. The number of carbonyl (C=O) groups excluding carboxylic acids is 2. The Labute approximate surface area is 214 Å². The van der Waals surface area contributed by atoms with E-state index < -0.39 is 0 Å². The highest BCUT2D eigenvalue weighted by Crippen LogP contribution is 2.27. The summed E-state index contributed by atoms with van der Waals surface area (Å²) in [5.41, 5.74) is 2.06. The Morgan fingerprint density at radius 1 is 1.09 bits per heavy atom. The van der Waals surface area contributed by atoms with Crippen LogP contribution in [0.3, 0.4) is 0 Å². The predicted octanol–water partition coefficient (Wildman–Crippen LogP) is 5.82. The van der Waals surface area contributed by atoms with Crippen LogP contribution in [0.2, 0.25) is 0 Å². The lowest BCUT2D eigenvalue weighted by atomic mass is 9.92. The second kappa shape index (κ2) is 11.4. The number of anilines is 2. The van der Waals surface area contributed by atoms with Crippen molar-refractivity contribution < 1.29 is 14.3 Å². The Bertz CT molecular complexity index is 1170. The molecule has 2 aromatic carbocycles. The number of urea groups is 1. The number of aromatic nitrogens is 2. The molecular formula is C26H32BrN5O3. The molecular weight excluding hydrogens is 510 g/mol. The van der Waals surface area contributed by atoms with Crippen LogP contribution in [0.15, 0.2) is 59.1 Å². The van der Waals surface area contributed by atoms with E-state index in [9.17, 15) is 9.59 Å². The van der Waals surface area contributed by atoms with Crippen molar-refractivity contribution in [3.63, 3.8) is 0 Å². The van der Waals surface area contributed by atoms with Crippen LogP contribution >= 0.6 is 15.9 Å². The molecule has 0 spiro atoms. The van der Waals surface area contributed by atoms with Crippen molar-refractivity contribution in [2.45, 2.75) is 39.5 Å². The second-order valence-electron chi connectivity index (χ2n) is 9.18. The van der Waals surface area contributed by atoms with Crippen LogP contribution in [0.25, 0.3) is 5.69 Å². The summed E-state index contributed by atoms with van der Waals surface area (Å²) in [4.78, 5) is 27.4. The minimum atomic E-state index is -0.334. The first-order chi connectivity index (χ1) is 16.6. The van der Waals surface area contributed by atoms with E-state index in [2.05, 4.69) is 47.3 Å². The lowest BCUT2D eigenvalue weighted by Gasteiger charge is -2.22. The standard InChI is InChI=1S/C26H32BrN5O3/c1-6-14-31(25(34)28-19-9-7-8-18(27)15-19)17-24(33)29-23-16-22(26(2,3)4)30-32(23)20-10-12-21(35-5)13-11-20/h7-13,15-16H,6,14,17H2,1-5H3,(H,28,34)(H,29,33). The zero-order valence-electron chi connectivity index (χ0n) is 20.8. The molecule has 0 aliphatic heterocycles. The number of methoxy groups -OCH3 is 1. The van der Waals surface area contributed by atoms with Gasteiger partial charge in [0.1, 0.15) is 18.1 Å². The number of nitrogens with zero attached hydrogens (tertiary/aromatic N) is 3. The van der Waals surface area contributed by atoms with Gasteiger partial charge in [0.15, 0.2) is 0 Å². The van der Waals surface area contributed by atoms with Gasteiger partial charge < -0.3 is 20.3 Å². The van der Waals surface area contributed by atoms with Gasteiger partial charge in [-0.15, -0.1) is 0 Å². The lowest BCUT2D eigenvalue weighted by Crippen LogP contribution is -2.41. The second-order valence-corrected chi connectivity index (χ2v) is 10.1. The third-order valence-corrected chi connectivity index (χ3v) is 5.75. The van der Waals surface area contributed by atoms with Crippen LogP contribution in [0.5, 0.6) is 5.75 Å². The molecule has 0 unspecified atom stereocenters. The molecule has 0 atom stereocenters. The van der Waals surface area contributed by atoms with E-state index in [1.807, 2.05) is 55.5 Å². The number of nitrogens with one attached hydrogen (secondary N) is 2. The van der Waals surface area contributed by atoms with E-state index in [1.165, 1.54) is 4.90 Å². The molecule has 3 aromatic rings. The average Bonchev–Trinajstić information content (AvgIpc) is 3.23. The number of halogens is 1. The molecule has 0 saturated carbocycles. The molecule has 35 heavy (non-hydrogen) atoms. The van der Waals surface area contributed by atoms with Crippen LogP contribution in [0, 0.1) is 0 Å². The summed E-state index contributed by atoms with van der Waals surface area (Å²) >= 11 is 3.40. The molecule has 3 rings (SSSR count). The van der Waals surface area contributed by atoms with Crippen molar-refractivity contribution in [1.82, 2.24) is 14.7 Å². The lowest BCUT2D eigenvalue weighted by molar-refractivity contribution is -0.116. The summed E-state index contributed by atoms with van der Waals surface area (Å²) in [6.45, 7) is 8.51. The molecule has 0 radical (unpaired) electrons. The molecule has 186 valence electrons. The van der Waals surface area contributed by atoms with Gasteiger partial charge in [0, 0.05) is 28.2 Å². The highest BCUT2D eigenvalue weighted by atomic mass is 79.9. The fourth-order valence-electron chi connectivity index (χ4n) is 3.40. The van der Waals surface area contributed by atoms with Gasteiger partial charge in [-0.2, -0.15) is 5.10 Å². The van der Waals surface area contributed by atoms with Gasteiger partial charge in [-0.05, 0) is 48.9 Å². The van der Waals surface area contributed by atoms with E-state index in [4.69, 9.17) is 9.84 Å². The zero-order valence-corrected chi connectivity index (χ0v) is 22.3. The topological polar surface area (TPSA) is 88.5 Å². The molecule has 1 aromatic heterocycles. The summed E-state index contributed by atoms with van der Waals surface area (Å²) < 4.78 is 7.81. The quantitative estimate of drug-likeness (QED) is 0.375. The van der Waals surface area contributed by atoms with E-state index in [-0.39, 0.29) is 23.9 Å². The number of carbonyl (C=O) groups is 2. The minimum Gasteiger partial charge on any atom is -0.497 e. The Hall–Kier alpha value is -3.33. The van der Waals surface area contributed by atoms with Gasteiger partial charge in [-0.1, -0.05) is 49.7 Å². The van der Waals surface area contributed by atoms with Crippen molar-refractivity contribution >= 4 is 39.4 Å². The number of benzene rings is 2. The molecule has 9 heteroatoms. The van der Waals surface area contributed by atoms with Gasteiger partial charge in [0.2, 0.25) is 5.91 Å². The largest absolute Gasteiger partial charge is 0.497 e. The maximum absolute atomic E-state index is 13.1. The molecule has 3 amide bonds. The summed E-state index contributed by atoms with van der Waals surface area (Å²) in [6.07, 6.45) is 0.719. The first-order valence-corrected chi connectivity index (χ1v) is 12.3. The van der Waals surface area contributed by atoms with Crippen LogP contribution in [-0.4, -0.2) is 46.8 Å². The summed E-state index contributed by atoms with van der Waals surface area (Å²) in [7, 11) is 1.61. The van der Waals surface area contributed by atoms with E-state index in [0.717, 1.165) is 28.0 Å². The fourth-order valence-corrected chi connectivity index (χ4v) is 3.80. The van der Waals surface area contributed by atoms with E-state index in [0.29, 0.717) is 18.1 Å². The maximum atomic E-state index is 13.1. The number of amides is 3. The monoisotopic (exact) mass is 541 g/mol. The van der Waals surface area contributed by atoms with Crippen LogP contribution < -0.4 is 15.4 Å². The molecule has 8 nitrogen and oxygen atoms in total. The third-order valence-electron chi connectivity index (χ3n) is 5.25. The number of hydrogen-bond acceptors (Lipinski definition) is 4. The highest BCUT2D eigenvalue weighted by molar-refractivity contribution is 9.10. The van der Waals surface area contributed by atoms with E-state index >= 15 is 0 Å². The molecule has 0 aliphatic carbocycles. The van der Waals surface area contributed by atoms with Gasteiger partial charge in [0.05, 0.1) is 18.5 Å². The first-order valence-electron chi connectivity index (χ1n) is 11.5. The van der Waals surface area contributed by atoms with Crippen LogP contribution in [-0.2, 0) is 10.2 Å². The highest BCUT2D eigenvalue weighted by Gasteiger charge is 2.23. The average molecular weight is 542 g/mol. The SMILES string of the molecule is CCCN(CC(=O)Nc1cc(C(C)(C)C)nn1-c1ccc(OC)cc1)C(=O)Nc1cccc(Br)c1. The third kappa shape index (κ3) is 7.08. The van der Waals surface area contributed by atoms with Crippen molar-refractivity contribution in [3.05, 3.63) is 64.8 Å². The summed E-state index contributed by atoms with van der Waals surface area (Å²) in [5.74, 6) is 0.959. The van der Waals surface area contributed by atoms with Gasteiger partial charge in [-0.25, -0.2) is 9.48 Å². The van der Waals surface area contributed by atoms with Gasteiger partial charge >= 0.3 is 6.03 Å². The predicted molar refractivity (Wildman–Crippen MR) is 142 cm³/mol. The summed E-state index contributed by atoms with van der Waals surface area (Å²) in [6, 6.07) is 16.3. The zero-order chi connectivity index (χ0) is 25.6.